The highest BCUT2D eigenvalue weighted by atomic mass is 16.3. The molecule has 2 heterocycles. The Balaban J connectivity index is 1.23. The fraction of sp³-hybridized carbons (Fsp3) is 0. The van der Waals surface area contributed by atoms with Crippen molar-refractivity contribution in [3.63, 3.8) is 0 Å². The van der Waals surface area contributed by atoms with Crippen molar-refractivity contribution in [1.82, 2.24) is 9.97 Å². The minimum Gasteiger partial charge on any atom is -0.455 e. The van der Waals surface area contributed by atoms with Gasteiger partial charge in [0.1, 0.15) is 11.2 Å². The predicted molar refractivity (Wildman–Crippen MR) is 204 cm³/mol. The molecule has 0 aliphatic rings. The SMILES string of the molecule is c1ccc(-c2nc(-c3ccc4ccccc4c3)cc(-c3cc4ccc(-c5ccc6ccccc6c5)cc4c4oc5ccccc5c34)n2)cc1. The molecule has 0 amide bonds. The van der Waals surface area contributed by atoms with Gasteiger partial charge in [-0.2, -0.15) is 0 Å². The van der Waals surface area contributed by atoms with E-state index in [4.69, 9.17) is 14.4 Å². The van der Waals surface area contributed by atoms with E-state index in [-0.39, 0.29) is 0 Å². The van der Waals surface area contributed by atoms with E-state index in [1.807, 2.05) is 30.3 Å². The van der Waals surface area contributed by atoms with E-state index in [1.54, 1.807) is 0 Å². The monoisotopic (exact) mass is 624 g/mol. The van der Waals surface area contributed by atoms with Crippen LogP contribution >= 0.6 is 0 Å². The van der Waals surface area contributed by atoms with Crippen molar-refractivity contribution >= 4 is 54.3 Å². The quantitative estimate of drug-likeness (QED) is 0.196. The molecule has 0 atom stereocenters. The Morgan fingerprint density at radius 1 is 0.367 bits per heavy atom. The molecule has 10 rings (SSSR count). The Labute approximate surface area is 282 Å². The number of rotatable bonds is 4. The summed E-state index contributed by atoms with van der Waals surface area (Å²) in [6.45, 7) is 0. The van der Waals surface area contributed by atoms with E-state index in [0.29, 0.717) is 5.82 Å². The number of fused-ring (bicyclic) bond motifs is 7. The van der Waals surface area contributed by atoms with Gasteiger partial charge in [-0.1, -0.05) is 133 Å². The van der Waals surface area contributed by atoms with Crippen LogP contribution in [-0.4, -0.2) is 9.97 Å². The molecule has 228 valence electrons. The molecule has 0 saturated carbocycles. The standard InChI is InChI=1S/C46H28N2O/c1-2-12-31(13-3-1)46-47-41(37-23-19-30-11-5-7-15-33(30)25-37)28-42(48-46)40-27-36-22-21-35(34-20-18-29-10-4-6-14-32(29)24-34)26-39(36)45-44(40)38-16-8-9-17-43(38)49-45/h1-28H. The molecule has 8 aromatic carbocycles. The Morgan fingerprint density at radius 3 is 1.73 bits per heavy atom. The fourth-order valence-corrected chi connectivity index (χ4v) is 7.16. The molecule has 0 N–H and O–H groups in total. The molecule has 0 fully saturated rings. The molecule has 0 saturated heterocycles. The molecule has 0 bridgehead atoms. The summed E-state index contributed by atoms with van der Waals surface area (Å²) in [5.41, 5.74) is 8.83. The third-order valence-electron chi connectivity index (χ3n) is 9.62. The molecular weight excluding hydrogens is 597 g/mol. The number of para-hydroxylation sites is 1. The van der Waals surface area contributed by atoms with Crippen LogP contribution in [0.3, 0.4) is 0 Å². The second-order valence-electron chi connectivity index (χ2n) is 12.6. The lowest BCUT2D eigenvalue weighted by molar-refractivity contribution is 0.673. The molecule has 0 spiro atoms. The van der Waals surface area contributed by atoms with Crippen LogP contribution in [0.1, 0.15) is 0 Å². The topological polar surface area (TPSA) is 38.9 Å². The zero-order chi connectivity index (χ0) is 32.3. The number of nitrogens with zero attached hydrogens (tertiary/aromatic N) is 2. The van der Waals surface area contributed by atoms with E-state index in [1.165, 1.54) is 27.1 Å². The van der Waals surface area contributed by atoms with Gasteiger partial charge in [-0.05, 0) is 74.5 Å². The summed E-state index contributed by atoms with van der Waals surface area (Å²) in [6, 6.07) is 59.7. The van der Waals surface area contributed by atoms with Gasteiger partial charge in [-0.25, -0.2) is 9.97 Å². The number of hydrogen-bond donors (Lipinski definition) is 0. The normalized spacial score (nSPS) is 11.7. The van der Waals surface area contributed by atoms with Crippen LogP contribution in [0.25, 0.3) is 99.3 Å². The lowest BCUT2D eigenvalue weighted by Crippen LogP contribution is -1.96. The van der Waals surface area contributed by atoms with Crippen molar-refractivity contribution in [2.24, 2.45) is 0 Å². The van der Waals surface area contributed by atoms with Crippen molar-refractivity contribution < 1.29 is 4.42 Å². The van der Waals surface area contributed by atoms with Gasteiger partial charge < -0.3 is 4.42 Å². The summed E-state index contributed by atoms with van der Waals surface area (Å²) in [7, 11) is 0. The molecule has 10 aromatic rings. The van der Waals surface area contributed by atoms with Crippen molar-refractivity contribution in [2.75, 3.05) is 0 Å². The second kappa shape index (κ2) is 11.0. The summed E-state index contributed by atoms with van der Waals surface area (Å²) in [4.78, 5) is 10.4. The second-order valence-corrected chi connectivity index (χ2v) is 12.6. The van der Waals surface area contributed by atoms with E-state index in [0.717, 1.165) is 66.4 Å². The van der Waals surface area contributed by atoms with Crippen LogP contribution in [-0.2, 0) is 0 Å². The molecule has 0 unspecified atom stereocenters. The molecule has 3 heteroatoms. The van der Waals surface area contributed by atoms with Crippen molar-refractivity contribution in [1.29, 1.82) is 0 Å². The van der Waals surface area contributed by atoms with E-state index < -0.39 is 0 Å². The molecule has 3 nitrogen and oxygen atoms in total. The van der Waals surface area contributed by atoms with Gasteiger partial charge in [0, 0.05) is 32.8 Å². The molecule has 2 aromatic heterocycles. The Bertz CT molecular complexity index is 2890. The minimum absolute atomic E-state index is 0.689. The summed E-state index contributed by atoms with van der Waals surface area (Å²) in [6.07, 6.45) is 0. The Kier molecular flexibility index (Phi) is 6.18. The van der Waals surface area contributed by atoms with E-state index in [2.05, 4.69) is 140 Å². The summed E-state index contributed by atoms with van der Waals surface area (Å²) in [5.74, 6) is 0.689. The highest BCUT2D eigenvalue weighted by Gasteiger charge is 2.20. The van der Waals surface area contributed by atoms with Crippen LogP contribution in [0.15, 0.2) is 174 Å². The summed E-state index contributed by atoms with van der Waals surface area (Å²) in [5, 5.41) is 9.14. The molecule has 49 heavy (non-hydrogen) atoms. The van der Waals surface area contributed by atoms with Crippen LogP contribution in [0, 0.1) is 0 Å². The Hall–Kier alpha value is -6.58. The third-order valence-corrected chi connectivity index (χ3v) is 9.62. The zero-order valence-electron chi connectivity index (χ0n) is 26.5. The zero-order valence-corrected chi connectivity index (χ0v) is 26.5. The first-order chi connectivity index (χ1) is 24.2. The Morgan fingerprint density at radius 2 is 0.959 bits per heavy atom. The fourth-order valence-electron chi connectivity index (χ4n) is 7.16. The highest BCUT2D eigenvalue weighted by Crippen LogP contribution is 2.43. The van der Waals surface area contributed by atoms with E-state index >= 15 is 0 Å². The summed E-state index contributed by atoms with van der Waals surface area (Å²) >= 11 is 0. The number of furan rings is 1. The average molecular weight is 625 g/mol. The van der Waals surface area contributed by atoms with Gasteiger partial charge in [0.2, 0.25) is 0 Å². The average Bonchev–Trinajstić information content (AvgIpc) is 3.57. The van der Waals surface area contributed by atoms with Crippen LogP contribution in [0.2, 0.25) is 0 Å². The first kappa shape index (κ1) is 27.5. The molecular formula is C46H28N2O. The molecule has 0 aliphatic heterocycles. The van der Waals surface area contributed by atoms with Gasteiger partial charge in [0.25, 0.3) is 0 Å². The molecule has 0 aliphatic carbocycles. The number of benzene rings is 8. The van der Waals surface area contributed by atoms with Gasteiger partial charge in [-0.15, -0.1) is 0 Å². The van der Waals surface area contributed by atoms with Crippen molar-refractivity contribution in [3.8, 4) is 45.0 Å². The van der Waals surface area contributed by atoms with Gasteiger partial charge >= 0.3 is 0 Å². The smallest absolute Gasteiger partial charge is 0.160 e. The summed E-state index contributed by atoms with van der Waals surface area (Å²) < 4.78 is 6.72. The first-order valence-electron chi connectivity index (χ1n) is 16.6. The molecule has 0 radical (unpaired) electrons. The third kappa shape index (κ3) is 4.67. The predicted octanol–water partition coefficient (Wildman–Crippen LogP) is 12.5. The van der Waals surface area contributed by atoms with Gasteiger partial charge in [0.15, 0.2) is 5.82 Å². The minimum atomic E-state index is 0.689. The van der Waals surface area contributed by atoms with Crippen LogP contribution in [0.4, 0.5) is 0 Å². The van der Waals surface area contributed by atoms with Gasteiger partial charge in [0.05, 0.1) is 11.4 Å². The van der Waals surface area contributed by atoms with Crippen molar-refractivity contribution in [3.05, 3.63) is 170 Å². The van der Waals surface area contributed by atoms with Gasteiger partial charge in [-0.3, -0.25) is 0 Å². The maximum atomic E-state index is 6.72. The number of aromatic nitrogens is 2. The van der Waals surface area contributed by atoms with Crippen LogP contribution in [0.5, 0.6) is 0 Å². The van der Waals surface area contributed by atoms with Crippen LogP contribution < -0.4 is 0 Å². The first-order valence-corrected chi connectivity index (χ1v) is 16.6. The lowest BCUT2D eigenvalue weighted by atomic mass is 9.94. The van der Waals surface area contributed by atoms with E-state index in [9.17, 15) is 0 Å². The maximum absolute atomic E-state index is 6.72. The van der Waals surface area contributed by atoms with Crippen molar-refractivity contribution in [2.45, 2.75) is 0 Å². The largest absolute Gasteiger partial charge is 0.455 e. The number of hydrogen-bond acceptors (Lipinski definition) is 3. The lowest BCUT2D eigenvalue weighted by Gasteiger charge is -2.13. The maximum Gasteiger partial charge on any atom is 0.160 e. The highest BCUT2D eigenvalue weighted by molar-refractivity contribution is 6.21.